The molecule has 106 valence electrons. The van der Waals surface area contributed by atoms with E-state index in [9.17, 15) is 0 Å². The second kappa shape index (κ2) is 6.88. The van der Waals surface area contributed by atoms with E-state index in [1.807, 2.05) is 0 Å². The highest BCUT2D eigenvalue weighted by Gasteiger charge is 2.31. The number of nitrogens with zero attached hydrogens (tertiary/aromatic N) is 1. The van der Waals surface area contributed by atoms with Gasteiger partial charge in [-0.15, -0.1) is 0 Å². The van der Waals surface area contributed by atoms with Crippen LogP contribution in [0.15, 0.2) is 0 Å². The van der Waals surface area contributed by atoms with E-state index in [2.05, 4.69) is 18.9 Å². The second-order valence-electron chi connectivity index (χ2n) is 6.33. The zero-order chi connectivity index (χ0) is 13.0. The average Bonchev–Trinajstić information content (AvgIpc) is 2.42. The third-order valence-electron chi connectivity index (χ3n) is 5.14. The molecule has 2 fully saturated rings. The summed E-state index contributed by atoms with van der Waals surface area (Å²) < 4.78 is 5.46. The lowest BCUT2D eigenvalue weighted by atomic mass is 9.78. The van der Waals surface area contributed by atoms with Crippen LogP contribution in [0, 0.1) is 11.8 Å². The Hall–Kier alpha value is -0.120. The lowest BCUT2D eigenvalue weighted by molar-refractivity contribution is 0.0133. The number of hydrogen-bond acceptors (Lipinski definition) is 3. The van der Waals surface area contributed by atoms with E-state index in [4.69, 9.17) is 10.5 Å². The van der Waals surface area contributed by atoms with Crippen LogP contribution >= 0.6 is 0 Å². The van der Waals surface area contributed by atoms with Gasteiger partial charge in [-0.25, -0.2) is 0 Å². The zero-order valence-corrected chi connectivity index (χ0v) is 12.1. The lowest BCUT2D eigenvalue weighted by Crippen LogP contribution is -2.50. The molecule has 3 heteroatoms. The maximum Gasteiger partial charge on any atom is 0.0480 e. The van der Waals surface area contributed by atoms with Gasteiger partial charge in [-0.2, -0.15) is 0 Å². The van der Waals surface area contributed by atoms with Crippen LogP contribution in [0.1, 0.15) is 45.4 Å². The van der Waals surface area contributed by atoms with Crippen molar-refractivity contribution in [3.8, 4) is 0 Å². The summed E-state index contributed by atoms with van der Waals surface area (Å²) in [7, 11) is 2.28. The Labute approximate surface area is 112 Å². The topological polar surface area (TPSA) is 38.5 Å². The van der Waals surface area contributed by atoms with Gasteiger partial charge in [-0.1, -0.05) is 19.8 Å². The molecule has 2 aliphatic rings. The van der Waals surface area contributed by atoms with Crippen LogP contribution in [0.3, 0.4) is 0 Å². The van der Waals surface area contributed by atoms with Crippen molar-refractivity contribution in [1.29, 1.82) is 0 Å². The molecule has 2 rings (SSSR count). The lowest BCUT2D eigenvalue weighted by Gasteiger charge is -2.42. The van der Waals surface area contributed by atoms with Gasteiger partial charge in [0.1, 0.15) is 0 Å². The Morgan fingerprint density at radius 1 is 1.11 bits per heavy atom. The van der Waals surface area contributed by atoms with Gasteiger partial charge in [0.2, 0.25) is 0 Å². The maximum absolute atomic E-state index is 6.07. The van der Waals surface area contributed by atoms with Crippen LogP contribution in [-0.4, -0.2) is 43.8 Å². The maximum atomic E-state index is 6.07. The standard InChI is InChI=1S/C15H30N2O/c1-12-3-5-13(6-4-12)15(11-16)17(2)14-7-9-18-10-8-14/h12-15H,3-11,16H2,1-2H3. The molecule has 0 aromatic heterocycles. The molecule has 3 nitrogen and oxygen atoms in total. The van der Waals surface area contributed by atoms with E-state index in [0.717, 1.165) is 31.6 Å². The van der Waals surface area contributed by atoms with Gasteiger partial charge in [0.05, 0.1) is 0 Å². The fourth-order valence-electron chi connectivity index (χ4n) is 3.73. The van der Waals surface area contributed by atoms with E-state index in [1.54, 1.807) is 0 Å². The van der Waals surface area contributed by atoms with Crippen LogP contribution in [0.2, 0.25) is 0 Å². The molecular weight excluding hydrogens is 224 g/mol. The summed E-state index contributed by atoms with van der Waals surface area (Å²) >= 11 is 0. The first-order chi connectivity index (χ1) is 8.72. The highest BCUT2D eigenvalue weighted by atomic mass is 16.5. The molecule has 0 spiro atoms. The van der Waals surface area contributed by atoms with Gasteiger partial charge >= 0.3 is 0 Å². The van der Waals surface area contributed by atoms with Crippen molar-refractivity contribution >= 4 is 0 Å². The van der Waals surface area contributed by atoms with Crippen LogP contribution in [0.4, 0.5) is 0 Å². The van der Waals surface area contributed by atoms with Crippen LogP contribution in [0.25, 0.3) is 0 Å². The highest BCUT2D eigenvalue weighted by molar-refractivity contribution is 4.86. The molecule has 1 heterocycles. The largest absolute Gasteiger partial charge is 0.381 e. The Kier molecular flexibility index (Phi) is 5.46. The normalized spacial score (nSPS) is 32.7. The first-order valence-corrected chi connectivity index (χ1v) is 7.72. The second-order valence-corrected chi connectivity index (χ2v) is 6.33. The molecule has 1 atom stereocenters. The SMILES string of the molecule is CC1CCC(C(CN)N(C)C2CCOCC2)CC1. The van der Waals surface area contributed by atoms with Crippen LogP contribution in [0.5, 0.6) is 0 Å². The Morgan fingerprint density at radius 3 is 2.28 bits per heavy atom. The van der Waals surface area contributed by atoms with Crippen molar-refractivity contribution in [2.75, 3.05) is 26.8 Å². The summed E-state index contributed by atoms with van der Waals surface area (Å²) in [4.78, 5) is 2.57. The third kappa shape index (κ3) is 3.46. The minimum Gasteiger partial charge on any atom is -0.381 e. The van der Waals surface area contributed by atoms with Crippen molar-refractivity contribution in [2.24, 2.45) is 17.6 Å². The van der Waals surface area contributed by atoms with Crippen LogP contribution in [-0.2, 0) is 4.74 Å². The molecule has 18 heavy (non-hydrogen) atoms. The van der Waals surface area contributed by atoms with Crippen LogP contribution < -0.4 is 5.73 Å². The predicted octanol–water partition coefficient (Wildman–Crippen LogP) is 2.25. The monoisotopic (exact) mass is 254 g/mol. The minimum atomic E-state index is 0.584. The summed E-state index contributed by atoms with van der Waals surface area (Å²) in [5.41, 5.74) is 6.07. The minimum absolute atomic E-state index is 0.584. The molecule has 1 aliphatic heterocycles. The number of ether oxygens (including phenoxy) is 1. The van der Waals surface area contributed by atoms with Gasteiger partial charge < -0.3 is 10.5 Å². The van der Waals surface area contributed by atoms with Crippen molar-refractivity contribution in [3.63, 3.8) is 0 Å². The molecule has 0 amide bonds. The molecular formula is C15H30N2O. The van der Waals surface area contributed by atoms with Gasteiger partial charge in [-0.3, -0.25) is 4.90 Å². The Bertz CT molecular complexity index is 233. The summed E-state index contributed by atoms with van der Waals surface area (Å²) in [6.07, 6.45) is 7.88. The zero-order valence-electron chi connectivity index (χ0n) is 12.1. The summed E-state index contributed by atoms with van der Waals surface area (Å²) in [6.45, 7) is 5.05. The fourth-order valence-corrected chi connectivity index (χ4v) is 3.73. The Morgan fingerprint density at radius 2 is 1.72 bits per heavy atom. The van der Waals surface area contributed by atoms with Crippen molar-refractivity contribution in [3.05, 3.63) is 0 Å². The van der Waals surface area contributed by atoms with Gasteiger partial charge in [0.15, 0.2) is 0 Å². The molecule has 0 aromatic rings. The van der Waals surface area contributed by atoms with Gasteiger partial charge in [0.25, 0.3) is 0 Å². The summed E-state index contributed by atoms with van der Waals surface area (Å²) in [6, 6.07) is 1.27. The first kappa shape index (κ1) is 14.3. The molecule has 0 aromatic carbocycles. The quantitative estimate of drug-likeness (QED) is 0.836. The first-order valence-electron chi connectivity index (χ1n) is 7.72. The average molecular weight is 254 g/mol. The van der Waals surface area contributed by atoms with Crippen molar-refractivity contribution < 1.29 is 4.74 Å². The number of hydrogen-bond donors (Lipinski definition) is 1. The highest BCUT2D eigenvalue weighted by Crippen LogP contribution is 2.33. The van der Waals surface area contributed by atoms with Gasteiger partial charge in [0, 0.05) is 31.8 Å². The third-order valence-corrected chi connectivity index (χ3v) is 5.14. The van der Waals surface area contributed by atoms with E-state index < -0.39 is 0 Å². The molecule has 1 aliphatic carbocycles. The van der Waals surface area contributed by atoms with E-state index in [0.29, 0.717) is 12.1 Å². The van der Waals surface area contributed by atoms with E-state index >= 15 is 0 Å². The van der Waals surface area contributed by atoms with E-state index in [-0.39, 0.29) is 0 Å². The Balaban J connectivity index is 1.90. The smallest absolute Gasteiger partial charge is 0.0480 e. The summed E-state index contributed by atoms with van der Waals surface area (Å²) in [5, 5.41) is 0. The molecule has 0 radical (unpaired) electrons. The molecule has 1 saturated heterocycles. The fraction of sp³-hybridized carbons (Fsp3) is 1.00. The van der Waals surface area contributed by atoms with Crippen molar-refractivity contribution in [1.82, 2.24) is 4.90 Å². The number of likely N-dealkylation sites (N-methyl/N-ethyl adjacent to an activating group) is 1. The number of nitrogens with two attached hydrogens (primary N) is 1. The summed E-state index contributed by atoms with van der Waals surface area (Å²) in [5.74, 6) is 1.74. The molecule has 1 saturated carbocycles. The molecule has 0 bridgehead atoms. The van der Waals surface area contributed by atoms with Crippen molar-refractivity contribution in [2.45, 2.75) is 57.5 Å². The molecule has 1 unspecified atom stereocenters. The van der Waals surface area contributed by atoms with E-state index in [1.165, 1.54) is 38.5 Å². The predicted molar refractivity (Wildman–Crippen MR) is 75.6 cm³/mol. The molecule has 2 N–H and O–H groups in total. The van der Waals surface area contributed by atoms with Gasteiger partial charge in [-0.05, 0) is 44.6 Å². The number of rotatable bonds is 4.